The van der Waals surface area contributed by atoms with Crippen molar-refractivity contribution < 1.29 is 14.3 Å². The normalized spacial score (nSPS) is 25.8. The molecule has 0 aliphatic carbocycles. The van der Waals surface area contributed by atoms with Crippen molar-refractivity contribution in [1.29, 1.82) is 0 Å². The average molecular weight is 298 g/mol. The maximum absolute atomic E-state index is 12.4. The molecule has 0 saturated carbocycles. The van der Waals surface area contributed by atoms with Gasteiger partial charge in [0, 0.05) is 19.7 Å². The molecule has 2 unspecified atom stereocenters. The lowest BCUT2D eigenvalue weighted by atomic mass is 9.96. The third-order valence-electron chi connectivity index (χ3n) is 4.57. The van der Waals surface area contributed by atoms with E-state index in [0.29, 0.717) is 12.5 Å². The molecule has 1 N–H and O–H groups in total. The smallest absolute Gasteiger partial charge is 0.251 e. The fourth-order valence-electron chi connectivity index (χ4n) is 3.17. The molecule has 0 aromatic carbocycles. The van der Waals surface area contributed by atoms with Crippen molar-refractivity contribution in [2.45, 2.75) is 51.2 Å². The Morgan fingerprint density at radius 3 is 2.71 bits per heavy atom. The van der Waals surface area contributed by atoms with Gasteiger partial charge in [0.2, 0.25) is 0 Å². The number of carbonyl (C=O) groups is 1. The Balaban J connectivity index is 1.67. The highest BCUT2D eigenvalue weighted by Crippen LogP contribution is 2.18. The van der Waals surface area contributed by atoms with Gasteiger partial charge in [0.15, 0.2) is 0 Å². The van der Waals surface area contributed by atoms with Crippen molar-refractivity contribution in [3.8, 4) is 0 Å². The second-order valence-electron chi connectivity index (χ2n) is 6.29. The van der Waals surface area contributed by atoms with Crippen LogP contribution in [0.4, 0.5) is 0 Å². The van der Waals surface area contributed by atoms with Gasteiger partial charge in [-0.2, -0.15) is 0 Å². The molecular weight excluding hydrogens is 268 g/mol. The summed E-state index contributed by atoms with van der Waals surface area (Å²) in [5, 5.41) is 3.22. The van der Waals surface area contributed by atoms with Crippen molar-refractivity contribution >= 4 is 5.91 Å². The number of ether oxygens (including phenoxy) is 2. The predicted molar refractivity (Wildman–Crippen MR) is 82.2 cm³/mol. The molecule has 2 aliphatic heterocycles. The molecule has 2 heterocycles. The monoisotopic (exact) mass is 298 g/mol. The van der Waals surface area contributed by atoms with E-state index in [-0.39, 0.29) is 18.1 Å². The third-order valence-corrected chi connectivity index (χ3v) is 4.57. The van der Waals surface area contributed by atoms with Crippen molar-refractivity contribution in [2.24, 2.45) is 5.92 Å². The van der Waals surface area contributed by atoms with Gasteiger partial charge in [-0.3, -0.25) is 4.79 Å². The number of likely N-dealkylation sites (tertiary alicyclic amines) is 1. The Hall–Kier alpha value is -0.650. The van der Waals surface area contributed by atoms with E-state index in [1.54, 1.807) is 0 Å². The third kappa shape index (κ3) is 5.24. The van der Waals surface area contributed by atoms with Crippen LogP contribution in [0.3, 0.4) is 0 Å². The summed E-state index contributed by atoms with van der Waals surface area (Å²) in [4.78, 5) is 14.3. The SMILES string of the molecule is CNCC1CCN(C(=O)C(C)OCC2CCCCO2)CC1. The van der Waals surface area contributed by atoms with Crippen LogP contribution in [0.15, 0.2) is 0 Å². The fraction of sp³-hybridized carbons (Fsp3) is 0.938. The summed E-state index contributed by atoms with van der Waals surface area (Å²) >= 11 is 0. The second-order valence-corrected chi connectivity index (χ2v) is 6.29. The van der Waals surface area contributed by atoms with Crippen LogP contribution >= 0.6 is 0 Å². The largest absolute Gasteiger partial charge is 0.376 e. The highest BCUT2D eigenvalue weighted by Gasteiger charge is 2.27. The zero-order chi connectivity index (χ0) is 15.1. The van der Waals surface area contributed by atoms with Gasteiger partial charge in [0.1, 0.15) is 6.10 Å². The molecule has 0 aromatic heterocycles. The van der Waals surface area contributed by atoms with Gasteiger partial charge < -0.3 is 19.7 Å². The van der Waals surface area contributed by atoms with Crippen molar-refractivity contribution in [2.75, 3.05) is 39.9 Å². The number of hydrogen-bond donors (Lipinski definition) is 1. The van der Waals surface area contributed by atoms with E-state index in [2.05, 4.69) is 5.32 Å². The summed E-state index contributed by atoms with van der Waals surface area (Å²) in [7, 11) is 1.99. The Morgan fingerprint density at radius 2 is 2.10 bits per heavy atom. The summed E-state index contributed by atoms with van der Waals surface area (Å²) in [6.45, 7) is 6.01. The molecule has 5 heteroatoms. The molecular formula is C16H30N2O3. The Bertz CT molecular complexity index is 311. The zero-order valence-corrected chi connectivity index (χ0v) is 13.5. The van der Waals surface area contributed by atoms with Gasteiger partial charge in [-0.1, -0.05) is 0 Å². The zero-order valence-electron chi connectivity index (χ0n) is 13.5. The van der Waals surface area contributed by atoms with Crippen LogP contribution in [-0.2, 0) is 14.3 Å². The van der Waals surface area contributed by atoms with E-state index < -0.39 is 0 Å². The first kappa shape index (κ1) is 16.7. The van der Waals surface area contributed by atoms with E-state index in [1.807, 2.05) is 18.9 Å². The molecule has 0 spiro atoms. The molecule has 2 saturated heterocycles. The Morgan fingerprint density at radius 1 is 1.33 bits per heavy atom. The first-order chi connectivity index (χ1) is 10.2. The van der Waals surface area contributed by atoms with Crippen LogP contribution in [0.1, 0.15) is 39.0 Å². The Labute approximate surface area is 128 Å². The van der Waals surface area contributed by atoms with E-state index in [9.17, 15) is 4.79 Å². The lowest BCUT2D eigenvalue weighted by Crippen LogP contribution is -2.45. The predicted octanol–water partition coefficient (Wildman–Crippen LogP) is 1.42. The van der Waals surface area contributed by atoms with Crippen LogP contribution in [0, 0.1) is 5.92 Å². The van der Waals surface area contributed by atoms with E-state index >= 15 is 0 Å². The van der Waals surface area contributed by atoms with Gasteiger partial charge in [0.25, 0.3) is 5.91 Å². The number of piperidine rings is 1. The van der Waals surface area contributed by atoms with Gasteiger partial charge in [-0.15, -0.1) is 0 Å². The molecule has 2 atom stereocenters. The maximum atomic E-state index is 12.4. The molecule has 1 amide bonds. The molecule has 122 valence electrons. The lowest BCUT2D eigenvalue weighted by Gasteiger charge is -2.33. The fourth-order valence-corrected chi connectivity index (χ4v) is 3.17. The Kier molecular flexibility index (Phi) is 6.93. The van der Waals surface area contributed by atoms with E-state index in [1.165, 1.54) is 6.42 Å². The number of hydrogen-bond acceptors (Lipinski definition) is 4. The first-order valence-electron chi connectivity index (χ1n) is 8.37. The van der Waals surface area contributed by atoms with Crippen LogP contribution in [0.25, 0.3) is 0 Å². The number of rotatable bonds is 6. The minimum atomic E-state index is -0.351. The molecule has 2 aliphatic rings. The standard InChI is InChI=1S/C16H30N2O3/c1-13(21-12-15-5-3-4-10-20-15)16(19)18-8-6-14(7-9-18)11-17-2/h13-15,17H,3-12H2,1-2H3. The first-order valence-corrected chi connectivity index (χ1v) is 8.37. The average Bonchev–Trinajstić information content (AvgIpc) is 2.54. The topological polar surface area (TPSA) is 50.8 Å². The number of amides is 1. The lowest BCUT2D eigenvalue weighted by molar-refractivity contribution is -0.147. The van der Waals surface area contributed by atoms with E-state index in [4.69, 9.17) is 9.47 Å². The van der Waals surface area contributed by atoms with Crippen LogP contribution in [0.2, 0.25) is 0 Å². The van der Waals surface area contributed by atoms with Gasteiger partial charge in [-0.25, -0.2) is 0 Å². The molecule has 2 rings (SSSR count). The molecule has 0 bridgehead atoms. The van der Waals surface area contributed by atoms with Crippen LogP contribution in [-0.4, -0.2) is 62.9 Å². The van der Waals surface area contributed by atoms with E-state index in [0.717, 1.165) is 51.9 Å². The number of carbonyl (C=O) groups excluding carboxylic acids is 1. The summed E-state index contributed by atoms with van der Waals surface area (Å²) in [5.41, 5.74) is 0. The van der Waals surface area contributed by atoms with Crippen LogP contribution in [0.5, 0.6) is 0 Å². The van der Waals surface area contributed by atoms with Crippen molar-refractivity contribution in [1.82, 2.24) is 10.2 Å². The summed E-state index contributed by atoms with van der Waals surface area (Å²) < 4.78 is 11.4. The molecule has 21 heavy (non-hydrogen) atoms. The molecule has 0 radical (unpaired) electrons. The second kappa shape index (κ2) is 8.71. The minimum absolute atomic E-state index is 0.133. The summed E-state index contributed by atoms with van der Waals surface area (Å²) in [6.07, 6.45) is 5.40. The van der Waals surface area contributed by atoms with Crippen LogP contribution < -0.4 is 5.32 Å². The minimum Gasteiger partial charge on any atom is -0.376 e. The summed E-state index contributed by atoms with van der Waals surface area (Å²) in [5.74, 6) is 0.833. The maximum Gasteiger partial charge on any atom is 0.251 e. The quantitative estimate of drug-likeness (QED) is 0.806. The van der Waals surface area contributed by atoms with Crippen molar-refractivity contribution in [3.63, 3.8) is 0 Å². The highest BCUT2D eigenvalue weighted by atomic mass is 16.5. The van der Waals surface area contributed by atoms with Gasteiger partial charge in [0.05, 0.1) is 12.7 Å². The van der Waals surface area contributed by atoms with Gasteiger partial charge >= 0.3 is 0 Å². The number of nitrogens with zero attached hydrogens (tertiary/aromatic N) is 1. The molecule has 0 aromatic rings. The van der Waals surface area contributed by atoms with Gasteiger partial charge in [-0.05, 0) is 58.5 Å². The van der Waals surface area contributed by atoms with Crippen molar-refractivity contribution in [3.05, 3.63) is 0 Å². The molecule has 2 fully saturated rings. The highest BCUT2D eigenvalue weighted by molar-refractivity contribution is 5.80. The number of nitrogens with one attached hydrogen (secondary N) is 1. The summed E-state index contributed by atoms with van der Waals surface area (Å²) in [6, 6.07) is 0. The molecule has 5 nitrogen and oxygen atoms in total.